The number of nitrogen functional groups attached to an aromatic ring is 1. The van der Waals surface area contributed by atoms with Crippen molar-refractivity contribution in [2.45, 2.75) is 19.9 Å². The fourth-order valence-corrected chi connectivity index (χ4v) is 4.84. The average Bonchev–Trinajstić information content (AvgIpc) is 3.49. The molecule has 0 bridgehead atoms. The van der Waals surface area contributed by atoms with E-state index >= 15 is 0 Å². The highest BCUT2D eigenvalue weighted by Gasteiger charge is 2.24. The highest BCUT2D eigenvalue weighted by Crippen LogP contribution is 2.23. The maximum atomic E-state index is 14.2. The van der Waals surface area contributed by atoms with E-state index in [0.717, 1.165) is 16.8 Å². The number of carbonyl (C=O) groups excluding carboxylic acids is 1. The van der Waals surface area contributed by atoms with Crippen LogP contribution < -0.4 is 16.6 Å². The Hall–Kier alpha value is -5.58. The molecule has 2 aromatic carbocycles. The van der Waals surface area contributed by atoms with E-state index in [4.69, 9.17) is 10.7 Å². The number of para-hydroxylation sites is 1. The zero-order valence-corrected chi connectivity index (χ0v) is 22.7. The lowest BCUT2D eigenvalue weighted by Crippen LogP contribution is -2.33. The number of benzene rings is 2. The summed E-state index contributed by atoms with van der Waals surface area (Å²) in [5.74, 6) is -0.0453. The number of anilines is 1. The summed E-state index contributed by atoms with van der Waals surface area (Å²) in [5.41, 5.74) is 10.1. The van der Waals surface area contributed by atoms with Gasteiger partial charge in [-0.2, -0.15) is 5.10 Å². The third kappa shape index (κ3) is 4.52. The third-order valence-corrected chi connectivity index (χ3v) is 7.07. The highest BCUT2D eigenvalue weighted by atomic mass is 16.2. The van der Waals surface area contributed by atoms with Gasteiger partial charge in [-0.3, -0.25) is 18.8 Å². The van der Waals surface area contributed by atoms with Crippen LogP contribution in [0, 0.1) is 6.92 Å². The minimum Gasteiger partial charge on any atom is -0.381 e. The van der Waals surface area contributed by atoms with Gasteiger partial charge < -0.3 is 11.1 Å². The highest BCUT2D eigenvalue weighted by molar-refractivity contribution is 6.04. The van der Waals surface area contributed by atoms with E-state index in [-0.39, 0.29) is 16.9 Å². The van der Waals surface area contributed by atoms with Gasteiger partial charge in [-0.05, 0) is 43.7 Å². The van der Waals surface area contributed by atoms with Gasteiger partial charge in [0.1, 0.15) is 11.4 Å². The number of hydrogen-bond donors (Lipinski definition) is 2. The van der Waals surface area contributed by atoms with Crippen LogP contribution in [0.2, 0.25) is 0 Å². The van der Waals surface area contributed by atoms with Crippen LogP contribution in [0.1, 0.15) is 46.0 Å². The first kappa shape index (κ1) is 25.7. The summed E-state index contributed by atoms with van der Waals surface area (Å²) in [7, 11) is 1.88. The molecule has 0 saturated heterocycles. The lowest BCUT2D eigenvalue weighted by Gasteiger charge is -2.20. The molecule has 0 radical (unpaired) electrons. The molecule has 4 heterocycles. The number of aryl methyl sites for hydroxylation is 1. The van der Waals surface area contributed by atoms with Crippen molar-refractivity contribution >= 4 is 40.4 Å². The monoisotopic (exact) mass is 545 g/mol. The van der Waals surface area contributed by atoms with E-state index in [1.54, 1.807) is 42.3 Å². The first-order valence-electron chi connectivity index (χ1n) is 13.0. The summed E-state index contributed by atoms with van der Waals surface area (Å²) >= 11 is 0. The second-order valence-electron chi connectivity index (χ2n) is 9.67. The van der Waals surface area contributed by atoms with Gasteiger partial charge in [-0.15, -0.1) is 5.10 Å². The molecule has 11 heteroatoms. The predicted octanol–water partition coefficient (Wildman–Crippen LogP) is 3.71. The van der Waals surface area contributed by atoms with E-state index < -0.39 is 11.9 Å². The van der Waals surface area contributed by atoms with Gasteiger partial charge in [0.25, 0.3) is 11.5 Å². The van der Waals surface area contributed by atoms with Crippen LogP contribution in [0.4, 0.5) is 5.82 Å². The molecule has 6 rings (SSSR count). The number of amides is 1. The van der Waals surface area contributed by atoms with Gasteiger partial charge >= 0.3 is 0 Å². The number of nitrogens with two attached hydrogens (primary N) is 1. The molecule has 3 N–H and O–H groups in total. The van der Waals surface area contributed by atoms with Crippen molar-refractivity contribution in [1.82, 2.24) is 39.2 Å². The zero-order valence-electron chi connectivity index (χ0n) is 22.7. The molecule has 41 heavy (non-hydrogen) atoms. The summed E-state index contributed by atoms with van der Waals surface area (Å²) in [6, 6.07) is 15.8. The molecule has 204 valence electrons. The fourth-order valence-electron chi connectivity index (χ4n) is 4.84. The first-order chi connectivity index (χ1) is 19.8. The van der Waals surface area contributed by atoms with Crippen LogP contribution in [0.5, 0.6) is 0 Å². The minimum atomic E-state index is -0.671. The third-order valence-electron chi connectivity index (χ3n) is 7.07. The number of rotatable bonds is 6. The minimum absolute atomic E-state index is 0.0561. The summed E-state index contributed by atoms with van der Waals surface area (Å²) in [4.78, 5) is 36.8. The number of nitrogens with one attached hydrogen (secondary N) is 1. The van der Waals surface area contributed by atoms with E-state index in [9.17, 15) is 9.59 Å². The van der Waals surface area contributed by atoms with Gasteiger partial charge in [0.2, 0.25) is 0 Å². The second-order valence-corrected chi connectivity index (χ2v) is 9.67. The molecule has 0 saturated carbocycles. The lowest BCUT2D eigenvalue weighted by molar-refractivity contribution is 0.0940. The molecule has 0 spiro atoms. The first-order valence-corrected chi connectivity index (χ1v) is 13.0. The molecule has 6 aromatic rings. The Kier molecular flexibility index (Phi) is 6.38. The average molecular weight is 546 g/mol. The number of carbonyl (C=O) groups is 1. The molecule has 0 aliphatic rings. The molecular formula is C30H27N9O2. The Labute approximate surface area is 234 Å². The van der Waals surface area contributed by atoms with Crippen molar-refractivity contribution < 1.29 is 4.79 Å². The summed E-state index contributed by atoms with van der Waals surface area (Å²) in [6.07, 6.45) is 8.85. The maximum absolute atomic E-state index is 14.2. The van der Waals surface area contributed by atoms with Crippen LogP contribution in [0.15, 0.2) is 78.0 Å². The van der Waals surface area contributed by atoms with Crippen LogP contribution >= 0.6 is 0 Å². The van der Waals surface area contributed by atoms with Crippen molar-refractivity contribution in [1.29, 1.82) is 0 Å². The number of fused-ring (bicyclic) bond motifs is 2. The molecule has 0 aliphatic carbocycles. The Morgan fingerprint density at radius 1 is 1.05 bits per heavy atom. The summed E-state index contributed by atoms with van der Waals surface area (Å²) in [5, 5.41) is 11.9. The quantitative estimate of drug-likeness (QED) is 0.325. The fraction of sp³-hybridized carbons (Fsp3) is 0.133. The van der Waals surface area contributed by atoms with Crippen molar-refractivity contribution in [3.63, 3.8) is 0 Å². The van der Waals surface area contributed by atoms with E-state index in [2.05, 4.69) is 20.5 Å². The van der Waals surface area contributed by atoms with Crippen LogP contribution in [0.3, 0.4) is 0 Å². The number of nitrogens with zero attached hydrogens (tertiary/aromatic N) is 7. The van der Waals surface area contributed by atoms with Gasteiger partial charge in [-0.1, -0.05) is 42.5 Å². The van der Waals surface area contributed by atoms with Crippen LogP contribution in [-0.2, 0) is 7.05 Å². The van der Waals surface area contributed by atoms with E-state index in [0.29, 0.717) is 28.1 Å². The number of aromatic nitrogens is 7. The molecule has 11 nitrogen and oxygen atoms in total. The Morgan fingerprint density at radius 2 is 1.83 bits per heavy atom. The topological polar surface area (TPSA) is 138 Å². The van der Waals surface area contributed by atoms with E-state index in [1.807, 2.05) is 68.6 Å². The molecule has 1 unspecified atom stereocenters. The van der Waals surface area contributed by atoms with Crippen molar-refractivity contribution in [2.24, 2.45) is 7.05 Å². The lowest BCUT2D eigenvalue weighted by atomic mass is 10.1. The largest absolute Gasteiger partial charge is 0.381 e. The maximum Gasteiger partial charge on any atom is 0.266 e. The standard InChI is InChI=1S/C30H27N9O2/c1-18(34-29(40)25-26(31)36-38-16-8-15-32-28(25)38)27-35-23-12-7-9-20(13-14-21-17-33-37(3)19(21)2)24(23)30(41)39(27)22-10-5-4-6-11-22/h4-18H,1-3H3,(H2,31,36)(H,34,40)/b14-13+. The van der Waals surface area contributed by atoms with Crippen molar-refractivity contribution in [3.05, 3.63) is 112 Å². The smallest absolute Gasteiger partial charge is 0.266 e. The van der Waals surface area contributed by atoms with Crippen molar-refractivity contribution in [2.75, 3.05) is 5.73 Å². The Morgan fingerprint density at radius 3 is 2.59 bits per heavy atom. The zero-order chi connectivity index (χ0) is 28.7. The normalized spacial score (nSPS) is 12.4. The molecule has 4 aromatic heterocycles. The summed E-state index contributed by atoms with van der Waals surface area (Å²) in [6.45, 7) is 3.76. The molecule has 1 amide bonds. The van der Waals surface area contributed by atoms with Gasteiger partial charge in [-0.25, -0.2) is 14.5 Å². The molecule has 1 atom stereocenters. The summed E-state index contributed by atoms with van der Waals surface area (Å²) < 4.78 is 4.79. The molecule has 0 fully saturated rings. The van der Waals surface area contributed by atoms with Crippen LogP contribution in [0.25, 0.3) is 34.4 Å². The van der Waals surface area contributed by atoms with E-state index in [1.165, 1.54) is 9.08 Å². The van der Waals surface area contributed by atoms with Gasteiger partial charge in [0, 0.05) is 30.7 Å². The number of hydrogen-bond acceptors (Lipinski definition) is 7. The predicted molar refractivity (Wildman–Crippen MR) is 157 cm³/mol. The van der Waals surface area contributed by atoms with Crippen LogP contribution in [-0.4, -0.2) is 39.8 Å². The molecule has 0 aliphatic heterocycles. The Bertz CT molecular complexity index is 2020. The van der Waals surface area contributed by atoms with Gasteiger partial charge in [0.15, 0.2) is 11.5 Å². The van der Waals surface area contributed by atoms with Gasteiger partial charge in [0.05, 0.1) is 28.8 Å². The molecular weight excluding hydrogens is 518 g/mol. The SMILES string of the molecule is Cc1c(/C=C/c2cccc3nc(C(C)NC(=O)c4c(N)nn5cccnc45)n(-c4ccccc4)c(=O)c23)cnn1C. The second kappa shape index (κ2) is 10.2. The van der Waals surface area contributed by atoms with Crippen molar-refractivity contribution in [3.8, 4) is 5.69 Å². The Balaban J connectivity index is 1.47.